The summed E-state index contributed by atoms with van der Waals surface area (Å²) < 4.78 is 3.65. The number of unbranched alkanes of at least 4 members (excludes halogenated alkanes) is 1. The molecule has 0 amide bonds. The minimum atomic E-state index is -0.174. The van der Waals surface area contributed by atoms with Crippen LogP contribution in [-0.4, -0.2) is 19.2 Å². The summed E-state index contributed by atoms with van der Waals surface area (Å²) in [7, 11) is 0. The average molecular weight is 403 g/mol. The fourth-order valence-electron chi connectivity index (χ4n) is 3.01. The van der Waals surface area contributed by atoms with Crippen LogP contribution in [0.15, 0.2) is 36.4 Å². The first-order valence-electron chi connectivity index (χ1n) is 8.80. The van der Waals surface area contributed by atoms with Crippen LogP contribution >= 0.6 is 23.2 Å². The zero-order chi connectivity index (χ0) is 19.4. The van der Waals surface area contributed by atoms with Crippen molar-refractivity contribution in [1.29, 1.82) is 5.26 Å². The number of halogens is 2. The second-order valence-corrected chi connectivity index (χ2v) is 7.01. The second kappa shape index (κ2) is 8.62. The zero-order valence-electron chi connectivity index (χ0n) is 15.0. The van der Waals surface area contributed by atoms with Crippen molar-refractivity contribution < 1.29 is 5.11 Å². The summed E-state index contributed by atoms with van der Waals surface area (Å²) in [6.07, 6.45) is 2.89. The maximum atomic E-state index is 9.46. The Morgan fingerprint density at radius 2 is 1.89 bits per heavy atom. The number of benzene rings is 1. The van der Waals surface area contributed by atoms with Gasteiger partial charge >= 0.3 is 0 Å². The fourth-order valence-corrected chi connectivity index (χ4v) is 3.52. The molecule has 0 aliphatic carbocycles. The highest BCUT2D eigenvalue weighted by atomic mass is 35.5. The van der Waals surface area contributed by atoms with Crippen molar-refractivity contribution in [2.75, 3.05) is 0 Å². The van der Waals surface area contributed by atoms with Crippen molar-refractivity contribution in [2.24, 2.45) is 0 Å². The Bertz CT molecular complexity index is 967. The van der Waals surface area contributed by atoms with Crippen LogP contribution < -0.4 is 0 Å². The first-order valence-corrected chi connectivity index (χ1v) is 9.56. The minimum Gasteiger partial charge on any atom is -0.390 e. The van der Waals surface area contributed by atoms with E-state index in [4.69, 9.17) is 23.2 Å². The van der Waals surface area contributed by atoms with Gasteiger partial charge in [0, 0.05) is 12.1 Å². The fraction of sp³-hybridized carbons (Fsp3) is 0.300. The number of nitriles is 1. The van der Waals surface area contributed by atoms with E-state index >= 15 is 0 Å². The Morgan fingerprint density at radius 1 is 1.15 bits per heavy atom. The molecule has 2 aromatic heterocycles. The quantitative estimate of drug-likeness (QED) is 0.620. The van der Waals surface area contributed by atoms with E-state index < -0.39 is 0 Å². The van der Waals surface area contributed by atoms with Crippen LogP contribution in [0.25, 0.3) is 5.69 Å². The van der Waals surface area contributed by atoms with E-state index in [1.165, 1.54) is 0 Å². The summed E-state index contributed by atoms with van der Waals surface area (Å²) in [5.41, 5.74) is 2.86. The zero-order valence-corrected chi connectivity index (χ0v) is 16.5. The highest BCUT2D eigenvalue weighted by molar-refractivity contribution is 6.30. The van der Waals surface area contributed by atoms with Gasteiger partial charge in [0.1, 0.15) is 33.6 Å². The summed E-state index contributed by atoms with van der Waals surface area (Å²) >= 11 is 12.6. The predicted octanol–water partition coefficient (Wildman–Crippen LogP) is 4.74. The second-order valence-electron chi connectivity index (χ2n) is 6.27. The highest BCUT2D eigenvalue weighted by Crippen LogP contribution is 2.24. The molecule has 0 fully saturated rings. The Morgan fingerprint density at radius 3 is 2.52 bits per heavy atom. The van der Waals surface area contributed by atoms with E-state index in [1.54, 1.807) is 16.7 Å². The number of hydrogen-bond acceptors (Lipinski definition) is 3. The Balaban J connectivity index is 1.88. The van der Waals surface area contributed by atoms with Crippen molar-refractivity contribution in [3.05, 3.63) is 69.5 Å². The number of hydrogen-bond donors (Lipinski definition) is 1. The third-order valence-corrected chi connectivity index (χ3v) is 5.15. The largest absolute Gasteiger partial charge is 0.390 e. The molecule has 0 atom stereocenters. The molecule has 0 aliphatic heterocycles. The van der Waals surface area contributed by atoms with Gasteiger partial charge in [-0.05, 0) is 36.2 Å². The lowest BCUT2D eigenvalue weighted by atomic mass is 10.2. The first-order chi connectivity index (χ1) is 13.1. The van der Waals surface area contributed by atoms with Gasteiger partial charge in [0.05, 0.1) is 13.2 Å². The molecule has 1 aromatic carbocycles. The molecule has 0 radical (unpaired) electrons. The van der Waals surface area contributed by atoms with Crippen LogP contribution in [-0.2, 0) is 19.6 Å². The first kappa shape index (κ1) is 19.5. The van der Waals surface area contributed by atoms with Gasteiger partial charge < -0.3 is 9.67 Å². The number of aryl methyl sites for hydroxylation is 1. The van der Waals surface area contributed by atoms with E-state index in [0.29, 0.717) is 28.2 Å². The summed E-state index contributed by atoms with van der Waals surface area (Å²) in [5, 5.41) is 19.7. The molecule has 3 rings (SSSR count). The molecule has 0 unspecified atom stereocenters. The number of rotatable bonds is 7. The lowest BCUT2D eigenvalue weighted by Gasteiger charge is -2.11. The number of aliphatic hydroxyl groups is 1. The molecular weight excluding hydrogens is 383 g/mol. The molecule has 2 heterocycles. The van der Waals surface area contributed by atoms with Crippen LogP contribution in [0.5, 0.6) is 0 Å². The molecule has 7 heteroatoms. The van der Waals surface area contributed by atoms with Crippen LogP contribution in [0.3, 0.4) is 0 Å². The number of nitrogens with zero attached hydrogens (tertiary/aromatic N) is 4. The lowest BCUT2D eigenvalue weighted by Crippen LogP contribution is -2.06. The van der Waals surface area contributed by atoms with E-state index in [-0.39, 0.29) is 6.61 Å². The third-order valence-electron chi connectivity index (χ3n) is 4.44. The summed E-state index contributed by atoms with van der Waals surface area (Å²) in [4.78, 5) is 4.48. The van der Waals surface area contributed by atoms with Crippen molar-refractivity contribution in [3.8, 4) is 11.8 Å². The van der Waals surface area contributed by atoms with Crippen LogP contribution in [0, 0.1) is 11.3 Å². The molecular formula is C20H20Cl2N4O. The van der Waals surface area contributed by atoms with Crippen LogP contribution in [0.4, 0.5) is 0 Å². The summed E-state index contributed by atoms with van der Waals surface area (Å²) in [6, 6.07) is 13.3. The molecule has 0 bridgehead atoms. The molecule has 1 N–H and O–H groups in total. The molecule has 0 aliphatic rings. The predicted molar refractivity (Wildman–Crippen MR) is 106 cm³/mol. The van der Waals surface area contributed by atoms with Gasteiger partial charge in [-0.25, -0.2) is 4.98 Å². The average Bonchev–Trinajstić information content (AvgIpc) is 3.21. The third kappa shape index (κ3) is 4.03. The van der Waals surface area contributed by atoms with E-state index in [1.807, 2.05) is 28.8 Å². The molecule has 0 saturated heterocycles. The summed E-state index contributed by atoms with van der Waals surface area (Å²) in [5.74, 6) is 0.884. The van der Waals surface area contributed by atoms with E-state index in [9.17, 15) is 10.4 Å². The van der Waals surface area contributed by atoms with Crippen molar-refractivity contribution in [3.63, 3.8) is 0 Å². The van der Waals surface area contributed by atoms with Crippen LogP contribution in [0.2, 0.25) is 10.3 Å². The Hall–Kier alpha value is -2.26. The molecule has 140 valence electrons. The smallest absolute Gasteiger partial charge is 0.134 e. The van der Waals surface area contributed by atoms with Gasteiger partial charge in [-0.2, -0.15) is 5.26 Å². The SMILES string of the molecule is CCCCc1nc(CO)c(Cl)n1Cc1ccc(-n2c(Cl)ccc2C#N)cc1. The maximum absolute atomic E-state index is 9.46. The van der Waals surface area contributed by atoms with Crippen LogP contribution in [0.1, 0.15) is 42.5 Å². The van der Waals surface area contributed by atoms with E-state index in [0.717, 1.165) is 36.3 Å². The van der Waals surface area contributed by atoms with Gasteiger partial charge in [-0.3, -0.25) is 4.57 Å². The standard InChI is InChI=1S/C20H20Cl2N4O/c1-2-3-4-19-24-17(13-27)20(22)25(19)12-14-5-7-15(8-6-14)26-16(11-23)9-10-18(26)21/h5-10,27H,2-4,12-13H2,1H3. The normalized spacial score (nSPS) is 10.9. The van der Waals surface area contributed by atoms with Gasteiger partial charge in [-0.15, -0.1) is 0 Å². The Kier molecular flexibility index (Phi) is 6.22. The molecule has 0 spiro atoms. The van der Waals surface area contributed by atoms with Gasteiger partial charge in [0.25, 0.3) is 0 Å². The number of imidazole rings is 1. The van der Waals surface area contributed by atoms with Gasteiger partial charge in [0.15, 0.2) is 0 Å². The van der Waals surface area contributed by atoms with Crippen molar-refractivity contribution >= 4 is 23.2 Å². The number of aromatic nitrogens is 3. The number of aliphatic hydroxyl groups excluding tert-OH is 1. The topological polar surface area (TPSA) is 66.8 Å². The summed E-state index contributed by atoms with van der Waals surface area (Å²) in [6.45, 7) is 2.52. The van der Waals surface area contributed by atoms with Gasteiger partial charge in [-0.1, -0.05) is 48.7 Å². The lowest BCUT2D eigenvalue weighted by molar-refractivity contribution is 0.277. The Labute approximate surface area is 168 Å². The monoisotopic (exact) mass is 402 g/mol. The highest BCUT2D eigenvalue weighted by Gasteiger charge is 2.15. The van der Waals surface area contributed by atoms with Crippen molar-refractivity contribution in [2.45, 2.75) is 39.3 Å². The van der Waals surface area contributed by atoms with Gasteiger partial charge in [0.2, 0.25) is 0 Å². The molecule has 27 heavy (non-hydrogen) atoms. The maximum Gasteiger partial charge on any atom is 0.134 e. The molecule has 0 saturated carbocycles. The molecule has 5 nitrogen and oxygen atoms in total. The molecule has 3 aromatic rings. The minimum absolute atomic E-state index is 0.174. The van der Waals surface area contributed by atoms with E-state index in [2.05, 4.69) is 18.0 Å². The van der Waals surface area contributed by atoms with Crippen molar-refractivity contribution in [1.82, 2.24) is 14.1 Å².